The number of ether oxygens (including phenoxy) is 1. The van der Waals surface area contributed by atoms with E-state index in [9.17, 15) is 4.79 Å². The summed E-state index contributed by atoms with van der Waals surface area (Å²) in [7, 11) is 0. The molecule has 1 saturated heterocycles. The fraction of sp³-hybridized carbons (Fsp3) is 0.588. The molecule has 4 heteroatoms. The number of fused-ring (bicyclic) bond motifs is 1. The van der Waals surface area contributed by atoms with Crippen LogP contribution < -0.4 is 5.73 Å². The molecule has 0 spiro atoms. The molecule has 3 unspecified atom stereocenters. The van der Waals surface area contributed by atoms with Crippen LogP contribution in [0.2, 0.25) is 0 Å². The standard InChI is InChI=1S/C17H24N2O2/c18-16-7-6-14-10-19(11-15(14)16)17(20)8-9-21-12-13-4-2-1-3-5-13/h1-5,14-16H,6-12,18H2. The maximum absolute atomic E-state index is 12.2. The molecule has 1 heterocycles. The van der Waals surface area contributed by atoms with Gasteiger partial charge in [-0.05, 0) is 30.2 Å². The summed E-state index contributed by atoms with van der Waals surface area (Å²) < 4.78 is 5.59. The van der Waals surface area contributed by atoms with Crippen molar-refractivity contribution in [2.45, 2.75) is 31.9 Å². The van der Waals surface area contributed by atoms with Crippen LogP contribution in [0.1, 0.15) is 24.8 Å². The summed E-state index contributed by atoms with van der Waals surface area (Å²) in [6.45, 7) is 2.81. The first-order chi connectivity index (χ1) is 10.2. The second-order valence-corrected chi connectivity index (χ2v) is 6.25. The molecular formula is C17H24N2O2. The Morgan fingerprint density at radius 3 is 2.81 bits per heavy atom. The quantitative estimate of drug-likeness (QED) is 0.840. The minimum atomic E-state index is 0.213. The number of amides is 1. The molecule has 1 amide bonds. The van der Waals surface area contributed by atoms with Gasteiger partial charge in [-0.2, -0.15) is 0 Å². The van der Waals surface area contributed by atoms with Gasteiger partial charge in [0, 0.05) is 19.1 Å². The lowest BCUT2D eigenvalue weighted by Gasteiger charge is -2.18. The van der Waals surface area contributed by atoms with Gasteiger partial charge in [0.15, 0.2) is 0 Å². The normalized spacial score (nSPS) is 27.9. The number of rotatable bonds is 5. The van der Waals surface area contributed by atoms with Crippen LogP contribution in [0.4, 0.5) is 0 Å². The second kappa shape index (κ2) is 6.58. The first-order valence-electron chi connectivity index (χ1n) is 7.89. The summed E-state index contributed by atoms with van der Waals surface area (Å²) in [5.74, 6) is 1.37. The van der Waals surface area contributed by atoms with Gasteiger partial charge in [-0.1, -0.05) is 30.3 Å². The third-order valence-electron chi connectivity index (χ3n) is 4.84. The number of carbonyl (C=O) groups excluding carboxylic acids is 1. The highest BCUT2D eigenvalue weighted by Gasteiger charge is 2.42. The van der Waals surface area contributed by atoms with Gasteiger partial charge in [0.1, 0.15) is 0 Å². The molecule has 2 fully saturated rings. The molecule has 2 N–H and O–H groups in total. The van der Waals surface area contributed by atoms with Crippen molar-refractivity contribution < 1.29 is 9.53 Å². The molecule has 1 saturated carbocycles. The van der Waals surface area contributed by atoms with Gasteiger partial charge in [-0.15, -0.1) is 0 Å². The minimum absolute atomic E-state index is 0.213. The summed E-state index contributed by atoms with van der Waals surface area (Å²) in [5.41, 5.74) is 7.25. The molecule has 0 aromatic heterocycles. The fourth-order valence-corrected chi connectivity index (χ4v) is 3.59. The Kier molecular flexibility index (Phi) is 4.56. The molecule has 1 aromatic rings. The van der Waals surface area contributed by atoms with Crippen LogP contribution in [0.25, 0.3) is 0 Å². The molecule has 114 valence electrons. The lowest BCUT2D eigenvalue weighted by molar-refractivity contribution is -0.131. The molecule has 0 radical (unpaired) electrons. The van der Waals surface area contributed by atoms with Gasteiger partial charge in [0.25, 0.3) is 0 Å². The molecule has 3 atom stereocenters. The molecule has 1 aromatic carbocycles. The summed E-state index contributed by atoms with van der Waals surface area (Å²) >= 11 is 0. The van der Waals surface area contributed by atoms with Crippen molar-refractivity contribution in [2.24, 2.45) is 17.6 Å². The molecule has 0 bridgehead atoms. The minimum Gasteiger partial charge on any atom is -0.376 e. The van der Waals surface area contributed by atoms with Crippen LogP contribution in [0, 0.1) is 11.8 Å². The van der Waals surface area contributed by atoms with Crippen LogP contribution in [0.3, 0.4) is 0 Å². The summed E-state index contributed by atoms with van der Waals surface area (Å²) in [6.07, 6.45) is 2.78. The Hall–Kier alpha value is -1.39. The van der Waals surface area contributed by atoms with Crippen LogP contribution >= 0.6 is 0 Å². The largest absolute Gasteiger partial charge is 0.376 e. The SMILES string of the molecule is NC1CCC2CN(C(=O)CCOCc3ccccc3)CC12. The van der Waals surface area contributed by atoms with Gasteiger partial charge >= 0.3 is 0 Å². The Labute approximate surface area is 126 Å². The number of hydrogen-bond donors (Lipinski definition) is 1. The number of nitrogens with zero attached hydrogens (tertiary/aromatic N) is 1. The molecular weight excluding hydrogens is 264 g/mol. The van der Waals surface area contributed by atoms with E-state index in [-0.39, 0.29) is 5.91 Å². The van der Waals surface area contributed by atoms with Crippen molar-refractivity contribution in [3.8, 4) is 0 Å². The average Bonchev–Trinajstić information content (AvgIpc) is 3.07. The van der Waals surface area contributed by atoms with E-state index in [0.717, 1.165) is 25.1 Å². The van der Waals surface area contributed by atoms with E-state index in [1.165, 1.54) is 6.42 Å². The zero-order chi connectivity index (χ0) is 14.7. The predicted octanol–water partition coefficient (Wildman–Crippen LogP) is 1.79. The van der Waals surface area contributed by atoms with E-state index in [0.29, 0.717) is 37.5 Å². The third kappa shape index (κ3) is 3.44. The maximum atomic E-state index is 12.2. The second-order valence-electron chi connectivity index (χ2n) is 6.25. The fourth-order valence-electron chi connectivity index (χ4n) is 3.59. The van der Waals surface area contributed by atoms with Crippen LogP contribution in [0.15, 0.2) is 30.3 Å². The van der Waals surface area contributed by atoms with Crippen molar-refractivity contribution in [3.63, 3.8) is 0 Å². The highest BCUT2D eigenvalue weighted by atomic mass is 16.5. The Morgan fingerprint density at radius 2 is 2.05 bits per heavy atom. The molecule has 4 nitrogen and oxygen atoms in total. The Bertz CT molecular complexity index is 477. The molecule has 21 heavy (non-hydrogen) atoms. The molecule has 3 rings (SSSR count). The van der Waals surface area contributed by atoms with Gasteiger partial charge in [-0.25, -0.2) is 0 Å². The monoisotopic (exact) mass is 288 g/mol. The maximum Gasteiger partial charge on any atom is 0.224 e. The van der Waals surface area contributed by atoms with Crippen molar-refractivity contribution in [1.29, 1.82) is 0 Å². The molecule has 2 aliphatic rings. The summed E-state index contributed by atoms with van der Waals surface area (Å²) in [5, 5.41) is 0. The highest BCUT2D eigenvalue weighted by molar-refractivity contribution is 5.76. The first-order valence-corrected chi connectivity index (χ1v) is 7.89. The number of hydrogen-bond acceptors (Lipinski definition) is 3. The van der Waals surface area contributed by atoms with E-state index in [2.05, 4.69) is 0 Å². The highest BCUT2D eigenvalue weighted by Crippen LogP contribution is 2.37. The van der Waals surface area contributed by atoms with E-state index >= 15 is 0 Å². The van der Waals surface area contributed by atoms with Crippen LogP contribution in [-0.4, -0.2) is 36.5 Å². The van der Waals surface area contributed by atoms with Gasteiger partial charge in [0.2, 0.25) is 5.91 Å². The average molecular weight is 288 g/mol. The van der Waals surface area contributed by atoms with E-state index in [1.807, 2.05) is 35.2 Å². The van der Waals surface area contributed by atoms with Crippen LogP contribution in [0.5, 0.6) is 0 Å². The zero-order valence-electron chi connectivity index (χ0n) is 12.4. The first kappa shape index (κ1) is 14.5. The van der Waals surface area contributed by atoms with E-state index in [1.54, 1.807) is 0 Å². The van der Waals surface area contributed by atoms with Gasteiger partial charge in [0.05, 0.1) is 19.6 Å². The predicted molar refractivity (Wildman–Crippen MR) is 81.5 cm³/mol. The number of likely N-dealkylation sites (tertiary alicyclic amines) is 1. The lowest BCUT2D eigenvalue weighted by atomic mass is 9.98. The molecule has 1 aliphatic heterocycles. The summed E-state index contributed by atoms with van der Waals surface area (Å²) in [4.78, 5) is 14.2. The van der Waals surface area contributed by atoms with Crippen molar-refractivity contribution in [1.82, 2.24) is 4.90 Å². The summed E-state index contributed by atoms with van der Waals surface area (Å²) in [6, 6.07) is 10.3. The van der Waals surface area contributed by atoms with Crippen molar-refractivity contribution in [3.05, 3.63) is 35.9 Å². The zero-order valence-corrected chi connectivity index (χ0v) is 12.4. The topological polar surface area (TPSA) is 55.6 Å². The lowest BCUT2D eigenvalue weighted by Crippen LogP contribution is -2.33. The Balaban J connectivity index is 1.37. The van der Waals surface area contributed by atoms with Crippen LogP contribution in [-0.2, 0) is 16.1 Å². The number of carbonyl (C=O) groups is 1. The van der Waals surface area contributed by atoms with Crippen molar-refractivity contribution >= 4 is 5.91 Å². The van der Waals surface area contributed by atoms with E-state index < -0.39 is 0 Å². The number of nitrogens with two attached hydrogens (primary N) is 1. The number of benzene rings is 1. The molecule has 1 aliphatic carbocycles. The van der Waals surface area contributed by atoms with E-state index in [4.69, 9.17) is 10.5 Å². The third-order valence-corrected chi connectivity index (χ3v) is 4.84. The van der Waals surface area contributed by atoms with Gasteiger partial charge < -0.3 is 15.4 Å². The Morgan fingerprint density at radius 1 is 1.24 bits per heavy atom. The smallest absolute Gasteiger partial charge is 0.224 e. The van der Waals surface area contributed by atoms with Crippen molar-refractivity contribution in [2.75, 3.05) is 19.7 Å². The van der Waals surface area contributed by atoms with Gasteiger partial charge in [-0.3, -0.25) is 4.79 Å².